The summed E-state index contributed by atoms with van der Waals surface area (Å²) in [5.41, 5.74) is 7.93. The second-order valence-corrected chi connectivity index (χ2v) is 8.00. The average Bonchev–Trinajstić information content (AvgIpc) is 3.25. The van der Waals surface area contributed by atoms with Crippen molar-refractivity contribution in [1.82, 2.24) is 0 Å². The third kappa shape index (κ3) is 5.57. The molecule has 0 spiro atoms. The zero-order valence-electron chi connectivity index (χ0n) is 16.3. The number of amides is 2. The zero-order chi connectivity index (χ0) is 20.8. The van der Waals surface area contributed by atoms with Gasteiger partial charge in [0.1, 0.15) is 10.8 Å². The third-order valence-electron chi connectivity index (χ3n) is 4.60. The van der Waals surface area contributed by atoms with Gasteiger partial charge >= 0.3 is 5.97 Å². The Morgan fingerprint density at radius 3 is 2.66 bits per heavy atom. The van der Waals surface area contributed by atoms with Gasteiger partial charge < -0.3 is 20.5 Å². The molecule has 0 saturated heterocycles. The molecule has 2 amide bonds. The molecule has 3 rings (SSSR count). The van der Waals surface area contributed by atoms with Gasteiger partial charge in [0, 0.05) is 11.3 Å². The summed E-state index contributed by atoms with van der Waals surface area (Å²) in [4.78, 5) is 36.7. The molecule has 0 fully saturated rings. The first kappa shape index (κ1) is 20.9. The van der Waals surface area contributed by atoms with Crippen LogP contribution < -0.4 is 15.8 Å². The summed E-state index contributed by atoms with van der Waals surface area (Å²) in [5.74, 6) is -0.769. The van der Waals surface area contributed by atoms with Crippen molar-refractivity contribution in [2.45, 2.75) is 39.0 Å². The number of thiophene rings is 1. The fraction of sp³-hybridized carbons (Fsp3) is 0.381. The molecule has 0 bridgehead atoms. The highest BCUT2D eigenvalue weighted by atomic mass is 32.1. The van der Waals surface area contributed by atoms with Gasteiger partial charge in [0.05, 0.1) is 12.2 Å². The van der Waals surface area contributed by atoms with E-state index in [1.165, 1.54) is 11.3 Å². The Bertz CT molecular complexity index is 905. The largest absolute Gasteiger partial charge is 0.494 e. The predicted octanol–water partition coefficient (Wildman–Crippen LogP) is 2.99. The van der Waals surface area contributed by atoms with Crippen LogP contribution in [0.2, 0.25) is 0 Å². The molecule has 154 valence electrons. The molecule has 29 heavy (non-hydrogen) atoms. The van der Waals surface area contributed by atoms with Crippen LogP contribution in [0.4, 0.5) is 5.00 Å². The van der Waals surface area contributed by atoms with Crippen molar-refractivity contribution >= 4 is 34.1 Å². The van der Waals surface area contributed by atoms with Crippen LogP contribution in [0.1, 0.15) is 45.6 Å². The molecule has 1 aromatic heterocycles. The molecule has 8 heteroatoms. The van der Waals surface area contributed by atoms with Crippen molar-refractivity contribution in [3.05, 3.63) is 45.8 Å². The van der Waals surface area contributed by atoms with Gasteiger partial charge in [0.2, 0.25) is 0 Å². The quantitative estimate of drug-likeness (QED) is 0.483. The summed E-state index contributed by atoms with van der Waals surface area (Å²) in [6.07, 6.45) is 3.30. The summed E-state index contributed by atoms with van der Waals surface area (Å²) in [6, 6.07) is 7.65. The van der Waals surface area contributed by atoms with E-state index in [2.05, 4.69) is 5.32 Å². The molecule has 2 aromatic rings. The van der Waals surface area contributed by atoms with Gasteiger partial charge in [0.25, 0.3) is 11.8 Å². The number of carbonyl (C=O) groups excluding carboxylic acids is 3. The van der Waals surface area contributed by atoms with Gasteiger partial charge in [0.15, 0.2) is 6.61 Å². The van der Waals surface area contributed by atoms with Crippen LogP contribution in [0.15, 0.2) is 24.3 Å². The maximum Gasteiger partial charge on any atom is 0.306 e. The number of esters is 1. The number of primary amides is 1. The molecule has 0 aliphatic heterocycles. The molecule has 0 saturated carbocycles. The first-order valence-electron chi connectivity index (χ1n) is 9.53. The van der Waals surface area contributed by atoms with Crippen LogP contribution in [-0.2, 0) is 27.2 Å². The van der Waals surface area contributed by atoms with Crippen LogP contribution in [0, 0.1) is 6.92 Å². The molecular weight excluding hydrogens is 392 g/mol. The standard InChI is InChI=1S/C21H24N2O5S/c1-13-7-9-14(10-8-13)27-11-3-6-18(25)28-12-17(24)23-21-19(20(22)26)15-4-2-5-16(15)29-21/h7-10H,2-6,11-12H2,1H3,(H2,22,26)(H,23,24). The maximum atomic E-state index is 12.1. The molecule has 7 nitrogen and oxygen atoms in total. The van der Waals surface area contributed by atoms with Gasteiger partial charge in [-0.3, -0.25) is 14.4 Å². The molecule has 3 N–H and O–H groups in total. The van der Waals surface area contributed by atoms with E-state index >= 15 is 0 Å². The Morgan fingerprint density at radius 2 is 1.93 bits per heavy atom. The molecule has 0 atom stereocenters. The highest BCUT2D eigenvalue weighted by Gasteiger charge is 2.26. The lowest BCUT2D eigenvalue weighted by Crippen LogP contribution is -2.22. The van der Waals surface area contributed by atoms with Crippen molar-refractivity contribution in [1.29, 1.82) is 0 Å². The maximum absolute atomic E-state index is 12.1. The van der Waals surface area contributed by atoms with E-state index in [0.717, 1.165) is 41.0 Å². The second-order valence-electron chi connectivity index (χ2n) is 6.90. The van der Waals surface area contributed by atoms with Crippen molar-refractivity contribution in [2.75, 3.05) is 18.5 Å². The van der Waals surface area contributed by atoms with E-state index in [9.17, 15) is 14.4 Å². The number of anilines is 1. The summed E-state index contributed by atoms with van der Waals surface area (Å²) < 4.78 is 10.6. The van der Waals surface area contributed by atoms with E-state index < -0.39 is 24.4 Å². The highest BCUT2D eigenvalue weighted by Crippen LogP contribution is 2.38. The lowest BCUT2D eigenvalue weighted by atomic mass is 10.1. The van der Waals surface area contributed by atoms with Crippen LogP contribution >= 0.6 is 11.3 Å². The molecule has 1 aliphatic carbocycles. The average molecular weight is 416 g/mol. The number of hydrogen-bond donors (Lipinski definition) is 2. The normalized spacial score (nSPS) is 12.3. The Hall–Kier alpha value is -2.87. The number of nitrogens with one attached hydrogen (secondary N) is 1. The molecule has 1 aromatic carbocycles. The number of hydrogen-bond acceptors (Lipinski definition) is 6. The number of carbonyl (C=O) groups is 3. The fourth-order valence-electron chi connectivity index (χ4n) is 3.17. The number of nitrogens with two attached hydrogens (primary N) is 1. The van der Waals surface area contributed by atoms with Crippen molar-refractivity contribution in [2.24, 2.45) is 5.73 Å². The lowest BCUT2D eigenvalue weighted by Gasteiger charge is -2.08. The smallest absolute Gasteiger partial charge is 0.306 e. The Labute approximate surface area is 173 Å². The van der Waals surface area contributed by atoms with E-state index in [4.69, 9.17) is 15.2 Å². The minimum Gasteiger partial charge on any atom is -0.494 e. The van der Waals surface area contributed by atoms with Gasteiger partial charge in [-0.1, -0.05) is 17.7 Å². The number of aryl methyl sites for hydroxylation is 2. The Balaban J connectivity index is 1.39. The highest BCUT2D eigenvalue weighted by molar-refractivity contribution is 7.17. The zero-order valence-corrected chi connectivity index (χ0v) is 17.1. The van der Waals surface area contributed by atoms with E-state index in [1.54, 1.807) is 0 Å². The van der Waals surface area contributed by atoms with Crippen LogP contribution in [0.3, 0.4) is 0 Å². The summed E-state index contributed by atoms with van der Waals surface area (Å²) in [5, 5.41) is 3.09. The minimum atomic E-state index is -0.551. The Morgan fingerprint density at radius 1 is 1.17 bits per heavy atom. The summed E-state index contributed by atoms with van der Waals surface area (Å²) in [7, 11) is 0. The van der Waals surface area contributed by atoms with Gasteiger partial charge in [-0.15, -0.1) is 11.3 Å². The number of benzene rings is 1. The molecule has 1 heterocycles. The SMILES string of the molecule is Cc1ccc(OCCCC(=O)OCC(=O)Nc2sc3c(c2C(N)=O)CCC3)cc1. The van der Waals surface area contributed by atoms with Crippen LogP contribution in [0.25, 0.3) is 0 Å². The Kier molecular flexibility index (Phi) is 6.87. The van der Waals surface area contributed by atoms with Crippen molar-refractivity contribution in [3.63, 3.8) is 0 Å². The topological polar surface area (TPSA) is 108 Å². The van der Waals surface area contributed by atoms with Gasteiger partial charge in [-0.05, 0) is 50.3 Å². The van der Waals surface area contributed by atoms with Gasteiger partial charge in [-0.2, -0.15) is 0 Å². The van der Waals surface area contributed by atoms with Crippen LogP contribution in [-0.4, -0.2) is 31.0 Å². The fourth-order valence-corrected chi connectivity index (χ4v) is 4.49. The summed E-state index contributed by atoms with van der Waals surface area (Å²) in [6.45, 7) is 1.97. The molecule has 1 aliphatic rings. The first-order chi connectivity index (χ1) is 13.9. The molecule has 0 radical (unpaired) electrons. The third-order valence-corrected chi connectivity index (χ3v) is 5.81. The van der Waals surface area contributed by atoms with E-state index in [0.29, 0.717) is 23.6 Å². The molecule has 0 unspecified atom stereocenters. The lowest BCUT2D eigenvalue weighted by molar-refractivity contribution is -0.147. The number of ether oxygens (including phenoxy) is 2. The van der Waals surface area contributed by atoms with E-state index in [1.807, 2.05) is 31.2 Å². The number of rotatable bonds is 9. The van der Waals surface area contributed by atoms with Gasteiger partial charge in [-0.25, -0.2) is 0 Å². The van der Waals surface area contributed by atoms with Crippen molar-refractivity contribution in [3.8, 4) is 5.75 Å². The van der Waals surface area contributed by atoms with Crippen molar-refractivity contribution < 1.29 is 23.9 Å². The van der Waals surface area contributed by atoms with Crippen LogP contribution in [0.5, 0.6) is 5.75 Å². The first-order valence-corrected chi connectivity index (χ1v) is 10.3. The summed E-state index contributed by atoms with van der Waals surface area (Å²) >= 11 is 1.37. The minimum absolute atomic E-state index is 0.152. The number of fused-ring (bicyclic) bond motifs is 1. The monoisotopic (exact) mass is 416 g/mol. The molecular formula is C21H24N2O5S. The second kappa shape index (κ2) is 9.56. The predicted molar refractivity (Wildman–Crippen MR) is 110 cm³/mol. The van der Waals surface area contributed by atoms with E-state index in [-0.39, 0.29) is 6.42 Å².